The minimum Gasteiger partial charge on any atom is -0.342 e. The van der Waals surface area contributed by atoms with Gasteiger partial charge in [0.25, 0.3) is 0 Å². The normalized spacial score (nSPS) is 15.6. The standard InChI is InChI=1S/C24H36N2O2/c1-19(22-11-8-6-5-7-9-12-22)17-25(4)24(28)14-10-13-23(27)18-26-20(2)15-16-21(26)3/h15-16,22H,1-3,5-14,17-18H2,4H3. The minimum atomic E-state index is 0.0939. The Balaban J connectivity index is 1.71. The molecule has 4 heteroatoms. The molecule has 1 saturated carbocycles. The van der Waals surface area contributed by atoms with E-state index < -0.39 is 0 Å². The van der Waals surface area contributed by atoms with Gasteiger partial charge < -0.3 is 9.47 Å². The van der Waals surface area contributed by atoms with Gasteiger partial charge in [0.1, 0.15) is 0 Å². The lowest BCUT2D eigenvalue weighted by Crippen LogP contribution is -2.31. The highest BCUT2D eigenvalue weighted by Gasteiger charge is 2.18. The van der Waals surface area contributed by atoms with Gasteiger partial charge in [-0.2, -0.15) is 0 Å². The highest BCUT2D eigenvalue weighted by atomic mass is 16.2. The Morgan fingerprint density at radius 2 is 1.61 bits per heavy atom. The van der Waals surface area contributed by atoms with Gasteiger partial charge in [-0.25, -0.2) is 0 Å². The largest absolute Gasteiger partial charge is 0.342 e. The number of ketones is 1. The van der Waals surface area contributed by atoms with Crippen molar-refractivity contribution < 1.29 is 9.59 Å². The third-order valence-corrected chi connectivity index (χ3v) is 5.89. The minimum absolute atomic E-state index is 0.0939. The summed E-state index contributed by atoms with van der Waals surface area (Å²) in [5, 5.41) is 1.59. The van der Waals surface area contributed by atoms with E-state index in [0.29, 0.717) is 31.7 Å². The summed E-state index contributed by atoms with van der Waals surface area (Å²) in [5.41, 5.74) is 1.19. The monoisotopic (exact) mass is 384 g/mol. The van der Waals surface area contributed by atoms with Crippen LogP contribution in [0.5, 0.6) is 0 Å². The predicted octanol–water partition coefficient (Wildman–Crippen LogP) is 3.42. The number of Topliss-reactive ketones (excluding diaryl/α,β-unsaturated/α-hetero) is 1. The molecule has 1 fully saturated rings. The lowest BCUT2D eigenvalue weighted by atomic mass is 9.86. The second kappa shape index (κ2) is 11.0. The number of likely N-dealkylation sites (N-methyl/N-ethyl adjacent to an activating group) is 1. The third kappa shape index (κ3) is 6.81. The molecule has 1 aromatic rings. The molecule has 0 aromatic carbocycles. The van der Waals surface area contributed by atoms with Crippen molar-refractivity contribution in [2.24, 2.45) is 5.92 Å². The molecule has 1 heterocycles. The smallest absolute Gasteiger partial charge is 0.222 e. The van der Waals surface area contributed by atoms with E-state index in [2.05, 4.69) is 19.7 Å². The number of amides is 1. The van der Waals surface area contributed by atoms with Crippen LogP contribution in [0.2, 0.25) is 0 Å². The summed E-state index contributed by atoms with van der Waals surface area (Å²) < 4.78 is 1.81. The van der Waals surface area contributed by atoms with E-state index in [1.54, 1.807) is 4.90 Å². The van der Waals surface area contributed by atoms with Crippen molar-refractivity contribution >= 4 is 24.8 Å². The van der Waals surface area contributed by atoms with Crippen LogP contribution < -0.4 is 10.7 Å². The molecule has 0 radical (unpaired) electrons. The Hall–Kier alpha value is -2.10. The van der Waals surface area contributed by atoms with E-state index in [1.807, 2.05) is 23.7 Å². The zero-order valence-corrected chi connectivity index (χ0v) is 17.5. The molecule has 0 saturated heterocycles. The van der Waals surface area contributed by atoms with Crippen molar-refractivity contribution in [1.29, 1.82) is 0 Å². The van der Waals surface area contributed by atoms with Crippen molar-refractivity contribution in [2.75, 3.05) is 13.6 Å². The van der Waals surface area contributed by atoms with Crippen LogP contribution in [0, 0.1) is 5.92 Å². The fraction of sp³-hybridized carbons (Fsp3) is 0.583. The van der Waals surface area contributed by atoms with Gasteiger partial charge in [0, 0.05) is 37.1 Å². The fourth-order valence-corrected chi connectivity index (χ4v) is 4.03. The average Bonchev–Trinajstić information content (AvgIpc) is 2.93. The lowest BCUT2D eigenvalue weighted by Gasteiger charge is -2.26. The molecule has 0 atom stereocenters. The van der Waals surface area contributed by atoms with Crippen LogP contribution in [-0.4, -0.2) is 34.7 Å². The van der Waals surface area contributed by atoms with Gasteiger partial charge in [-0.05, 0) is 37.3 Å². The van der Waals surface area contributed by atoms with Gasteiger partial charge >= 0.3 is 0 Å². The van der Waals surface area contributed by atoms with Gasteiger partial charge in [-0.15, -0.1) is 0 Å². The van der Waals surface area contributed by atoms with E-state index in [-0.39, 0.29) is 18.2 Å². The van der Waals surface area contributed by atoms with E-state index in [9.17, 15) is 9.59 Å². The van der Waals surface area contributed by atoms with Crippen molar-refractivity contribution in [3.63, 3.8) is 0 Å². The third-order valence-electron chi connectivity index (χ3n) is 5.89. The number of carbonyl (C=O) groups excluding carboxylic acids is 2. The maximum atomic E-state index is 12.4. The summed E-state index contributed by atoms with van der Waals surface area (Å²) in [6, 6.07) is 3.72. The maximum Gasteiger partial charge on any atom is 0.222 e. The molecule has 154 valence electrons. The Bertz CT molecular complexity index is 742. The second-order valence-electron chi connectivity index (χ2n) is 8.24. The fourth-order valence-electron chi connectivity index (χ4n) is 4.03. The van der Waals surface area contributed by atoms with Gasteiger partial charge in [0.05, 0.1) is 6.54 Å². The molecule has 0 unspecified atom stereocenters. The van der Waals surface area contributed by atoms with Crippen LogP contribution in [0.25, 0.3) is 13.2 Å². The van der Waals surface area contributed by atoms with E-state index in [0.717, 1.165) is 10.7 Å². The summed E-state index contributed by atoms with van der Waals surface area (Å²) >= 11 is 0. The number of hydrogen-bond donors (Lipinski definition) is 0. The Labute approximate surface area is 169 Å². The quantitative estimate of drug-likeness (QED) is 0.612. The lowest BCUT2D eigenvalue weighted by molar-refractivity contribution is -0.129. The van der Waals surface area contributed by atoms with Gasteiger partial charge in [0.2, 0.25) is 5.91 Å². The van der Waals surface area contributed by atoms with E-state index >= 15 is 0 Å². The van der Waals surface area contributed by atoms with Crippen molar-refractivity contribution in [3.8, 4) is 0 Å². The van der Waals surface area contributed by atoms with Crippen LogP contribution in [-0.2, 0) is 16.1 Å². The molecule has 2 rings (SSSR count). The number of carbonyl (C=O) groups is 2. The van der Waals surface area contributed by atoms with E-state index in [1.165, 1.54) is 50.5 Å². The number of rotatable bonds is 9. The summed E-state index contributed by atoms with van der Waals surface area (Å²) in [7, 11) is 1.85. The number of aromatic nitrogens is 1. The summed E-state index contributed by atoms with van der Waals surface area (Å²) in [6.07, 6.45) is 10.3. The first-order valence-electron chi connectivity index (χ1n) is 10.6. The molecule has 28 heavy (non-hydrogen) atoms. The molecular formula is C24H36N2O2. The van der Waals surface area contributed by atoms with Crippen molar-refractivity contribution in [1.82, 2.24) is 9.47 Å². The molecule has 1 aliphatic rings. The Morgan fingerprint density at radius 1 is 1.04 bits per heavy atom. The molecule has 1 amide bonds. The summed E-state index contributed by atoms with van der Waals surface area (Å²) in [5.74, 6) is 0.754. The summed E-state index contributed by atoms with van der Waals surface area (Å²) in [4.78, 5) is 26.4. The average molecular weight is 385 g/mol. The topological polar surface area (TPSA) is 42.3 Å². The van der Waals surface area contributed by atoms with Crippen LogP contribution in [0.3, 0.4) is 0 Å². The molecular weight excluding hydrogens is 348 g/mol. The molecule has 1 aliphatic carbocycles. The highest BCUT2D eigenvalue weighted by molar-refractivity contribution is 5.80. The van der Waals surface area contributed by atoms with Crippen LogP contribution in [0.15, 0.2) is 24.3 Å². The van der Waals surface area contributed by atoms with Crippen LogP contribution >= 0.6 is 0 Å². The number of hydrogen-bond acceptors (Lipinski definition) is 2. The first kappa shape index (κ1) is 22.2. The molecule has 0 bridgehead atoms. The maximum absolute atomic E-state index is 12.4. The van der Waals surface area contributed by atoms with Crippen LogP contribution in [0.4, 0.5) is 0 Å². The Morgan fingerprint density at radius 3 is 2.21 bits per heavy atom. The van der Waals surface area contributed by atoms with Crippen molar-refractivity contribution in [3.05, 3.63) is 35.0 Å². The zero-order chi connectivity index (χ0) is 20.5. The van der Waals surface area contributed by atoms with Crippen molar-refractivity contribution in [2.45, 2.75) is 70.8 Å². The molecule has 4 nitrogen and oxygen atoms in total. The molecule has 1 aromatic heterocycles. The molecule has 0 N–H and O–H groups in total. The van der Waals surface area contributed by atoms with E-state index in [4.69, 9.17) is 0 Å². The molecule has 0 aliphatic heterocycles. The van der Waals surface area contributed by atoms with Gasteiger partial charge in [0.15, 0.2) is 5.78 Å². The van der Waals surface area contributed by atoms with Crippen LogP contribution in [0.1, 0.15) is 64.2 Å². The molecule has 0 spiro atoms. The number of nitrogens with zero attached hydrogens (tertiary/aromatic N) is 2. The summed E-state index contributed by atoms with van der Waals surface area (Å²) in [6.45, 7) is 13.0. The second-order valence-corrected chi connectivity index (χ2v) is 8.24. The Kier molecular flexibility index (Phi) is 8.75. The van der Waals surface area contributed by atoms with Gasteiger partial charge in [-0.3, -0.25) is 9.59 Å². The zero-order valence-electron chi connectivity index (χ0n) is 17.5. The first-order chi connectivity index (χ1) is 13.4. The highest BCUT2D eigenvalue weighted by Crippen LogP contribution is 2.27. The first-order valence-corrected chi connectivity index (χ1v) is 10.6. The SMILES string of the molecule is C=C(CN(C)C(=O)CCCC(=O)Cn1c(=C)ccc1=C)C1CCCCCCC1. The van der Waals surface area contributed by atoms with Gasteiger partial charge in [-0.1, -0.05) is 57.4 Å². The predicted molar refractivity (Wildman–Crippen MR) is 116 cm³/mol.